The first-order valence-corrected chi connectivity index (χ1v) is 8.09. The molecule has 1 heterocycles. The van der Waals surface area contributed by atoms with Crippen LogP contribution < -0.4 is 0 Å². The molecule has 0 saturated heterocycles. The van der Waals surface area contributed by atoms with Crippen LogP contribution in [0.5, 0.6) is 0 Å². The van der Waals surface area contributed by atoms with E-state index in [1.807, 2.05) is 12.3 Å². The maximum absolute atomic E-state index is 4.44. The summed E-state index contributed by atoms with van der Waals surface area (Å²) in [4.78, 5) is 4.44. The van der Waals surface area contributed by atoms with Gasteiger partial charge in [-0.3, -0.25) is 4.98 Å². The van der Waals surface area contributed by atoms with Crippen LogP contribution in [-0.4, -0.2) is 4.98 Å². The van der Waals surface area contributed by atoms with E-state index in [2.05, 4.69) is 76.0 Å². The fourth-order valence-electron chi connectivity index (χ4n) is 3.22. The molecule has 3 aromatic rings. The van der Waals surface area contributed by atoms with E-state index in [1.165, 1.54) is 44.3 Å². The molecule has 1 aromatic heterocycles. The first kappa shape index (κ1) is 15.5. The molecule has 0 aliphatic carbocycles. The molecule has 1 nitrogen and oxygen atoms in total. The lowest BCUT2D eigenvalue weighted by Crippen LogP contribution is -1.99. The molecular weight excluding hydrogens is 278 g/mol. The highest BCUT2D eigenvalue weighted by Crippen LogP contribution is 2.28. The van der Waals surface area contributed by atoms with Crippen molar-refractivity contribution in [3.63, 3.8) is 0 Å². The largest absolute Gasteiger partial charge is 0.256 e. The quantitative estimate of drug-likeness (QED) is 0.570. The molecule has 0 fully saturated rings. The lowest BCUT2D eigenvalue weighted by molar-refractivity contribution is 1.16. The van der Waals surface area contributed by atoms with Gasteiger partial charge in [0, 0.05) is 11.6 Å². The third-order valence-corrected chi connectivity index (χ3v) is 5.17. The van der Waals surface area contributed by atoms with E-state index in [9.17, 15) is 0 Å². The van der Waals surface area contributed by atoms with Gasteiger partial charge in [0.1, 0.15) is 0 Å². The zero-order valence-electron chi connectivity index (χ0n) is 14.6. The minimum atomic E-state index is 1.04. The molecule has 0 aliphatic heterocycles. The molecule has 2 aromatic carbocycles. The van der Waals surface area contributed by atoms with Gasteiger partial charge in [-0.05, 0) is 85.7 Å². The Hall–Kier alpha value is -2.41. The summed E-state index contributed by atoms with van der Waals surface area (Å²) in [7, 11) is 0. The van der Waals surface area contributed by atoms with Crippen molar-refractivity contribution in [3.05, 3.63) is 75.5 Å². The molecule has 23 heavy (non-hydrogen) atoms. The van der Waals surface area contributed by atoms with Gasteiger partial charge in [0.2, 0.25) is 0 Å². The second kappa shape index (κ2) is 6.00. The topological polar surface area (TPSA) is 12.9 Å². The van der Waals surface area contributed by atoms with Crippen LogP contribution in [0.3, 0.4) is 0 Å². The van der Waals surface area contributed by atoms with Crippen molar-refractivity contribution in [1.29, 1.82) is 0 Å². The van der Waals surface area contributed by atoms with E-state index in [0.29, 0.717) is 0 Å². The molecule has 0 atom stereocenters. The summed E-state index contributed by atoms with van der Waals surface area (Å²) in [6.45, 7) is 11.1. The predicted molar refractivity (Wildman–Crippen MR) is 101 cm³/mol. The smallest absolute Gasteiger partial charge is 0.0707 e. The van der Waals surface area contributed by atoms with Gasteiger partial charge in [-0.1, -0.05) is 30.4 Å². The number of fused-ring (bicyclic) bond motifs is 1. The van der Waals surface area contributed by atoms with E-state index in [-0.39, 0.29) is 0 Å². The minimum absolute atomic E-state index is 1.04. The summed E-state index contributed by atoms with van der Waals surface area (Å²) in [5.41, 5.74) is 10.5. The number of hydrogen-bond donors (Lipinski definition) is 0. The Kier molecular flexibility index (Phi) is 4.04. The number of hydrogen-bond acceptors (Lipinski definition) is 1. The third-order valence-electron chi connectivity index (χ3n) is 5.17. The molecule has 0 spiro atoms. The van der Waals surface area contributed by atoms with E-state index >= 15 is 0 Å². The van der Waals surface area contributed by atoms with Crippen LogP contribution in [0, 0.1) is 34.6 Å². The molecular formula is C22H23N. The monoisotopic (exact) mass is 301 g/mol. The number of nitrogens with zero attached hydrogens (tertiary/aromatic N) is 1. The molecule has 0 bridgehead atoms. The predicted octanol–water partition coefficient (Wildman–Crippen LogP) is 5.95. The van der Waals surface area contributed by atoms with Crippen molar-refractivity contribution in [3.8, 4) is 0 Å². The van der Waals surface area contributed by atoms with Gasteiger partial charge in [-0.25, -0.2) is 0 Å². The lowest BCUT2D eigenvalue weighted by Gasteiger charge is -2.16. The average molecular weight is 301 g/mol. The third kappa shape index (κ3) is 2.68. The number of benzene rings is 2. The second-order valence-electron chi connectivity index (χ2n) is 6.29. The number of pyridine rings is 1. The molecule has 116 valence electrons. The van der Waals surface area contributed by atoms with Crippen LogP contribution >= 0.6 is 0 Å². The molecule has 0 amide bonds. The van der Waals surface area contributed by atoms with Crippen molar-refractivity contribution < 1.29 is 0 Å². The van der Waals surface area contributed by atoms with E-state index in [0.717, 1.165) is 5.52 Å². The summed E-state index contributed by atoms with van der Waals surface area (Å²) >= 11 is 0. The maximum atomic E-state index is 4.44. The average Bonchev–Trinajstić information content (AvgIpc) is 2.58. The standard InChI is InChI=1S/C22H23N/c1-14-15(2)17(4)20(18(5)16(14)3)11-10-19-12-13-23-22-9-7-6-8-21(19)22/h6-13H,1-5H3/b11-10+. The van der Waals surface area contributed by atoms with Crippen molar-refractivity contribution in [2.45, 2.75) is 34.6 Å². The van der Waals surface area contributed by atoms with E-state index < -0.39 is 0 Å². The molecule has 0 radical (unpaired) electrons. The summed E-state index contributed by atoms with van der Waals surface area (Å²) in [6.07, 6.45) is 6.35. The number of para-hydroxylation sites is 1. The molecule has 1 heteroatoms. The van der Waals surface area contributed by atoms with Crippen LogP contribution in [0.15, 0.2) is 36.5 Å². The van der Waals surface area contributed by atoms with E-state index in [1.54, 1.807) is 0 Å². The summed E-state index contributed by atoms with van der Waals surface area (Å²) in [5, 5.41) is 1.20. The Morgan fingerprint density at radius 1 is 0.696 bits per heavy atom. The van der Waals surface area contributed by atoms with Gasteiger partial charge in [0.15, 0.2) is 0 Å². The molecule has 0 saturated carbocycles. The van der Waals surface area contributed by atoms with Gasteiger partial charge in [0.05, 0.1) is 5.52 Å². The zero-order valence-corrected chi connectivity index (χ0v) is 14.6. The normalized spacial score (nSPS) is 11.5. The van der Waals surface area contributed by atoms with Gasteiger partial charge in [-0.15, -0.1) is 0 Å². The Labute approximate surface area is 138 Å². The van der Waals surface area contributed by atoms with Crippen LogP contribution in [0.4, 0.5) is 0 Å². The van der Waals surface area contributed by atoms with Crippen molar-refractivity contribution in [2.75, 3.05) is 0 Å². The van der Waals surface area contributed by atoms with Crippen LogP contribution in [0.25, 0.3) is 23.1 Å². The summed E-state index contributed by atoms with van der Waals surface area (Å²) in [6, 6.07) is 10.4. The highest BCUT2D eigenvalue weighted by Gasteiger charge is 2.10. The molecule has 3 rings (SSSR count). The molecule has 0 N–H and O–H groups in total. The SMILES string of the molecule is Cc1c(C)c(C)c(/C=C/c2ccnc3ccccc23)c(C)c1C. The fourth-order valence-corrected chi connectivity index (χ4v) is 3.22. The highest BCUT2D eigenvalue weighted by atomic mass is 14.6. The summed E-state index contributed by atoms with van der Waals surface area (Å²) in [5.74, 6) is 0. The molecule has 0 aliphatic rings. The van der Waals surface area contributed by atoms with Crippen LogP contribution in [0.1, 0.15) is 38.9 Å². The second-order valence-corrected chi connectivity index (χ2v) is 6.29. The van der Waals surface area contributed by atoms with Gasteiger partial charge in [-0.2, -0.15) is 0 Å². The first-order valence-electron chi connectivity index (χ1n) is 8.09. The Morgan fingerprint density at radius 2 is 1.30 bits per heavy atom. The maximum Gasteiger partial charge on any atom is 0.0707 e. The lowest BCUT2D eigenvalue weighted by atomic mass is 9.89. The van der Waals surface area contributed by atoms with Gasteiger partial charge in [0.25, 0.3) is 0 Å². The summed E-state index contributed by atoms with van der Waals surface area (Å²) < 4.78 is 0. The highest BCUT2D eigenvalue weighted by molar-refractivity contribution is 5.90. The first-order chi connectivity index (χ1) is 11.0. The minimum Gasteiger partial charge on any atom is -0.256 e. The van der Waals surface area contributed by atoms with E-state index in [4.69, 9.17) is 0 Å². The number of aromatic nitrogens is 1. The Bertz CT molecular complexity index is 882. The fraction of sp³-hybridized carbons (Fsp3) is 0.227. The van der Waals surface area contributed by atoms with Gasteiger partial charge >= 0.3 is 0 Å². The van der Waals surface area contributed by atoms with Crippen LogP contribution in [0.2, 0.25) is 0 Å². The van der Waals surface area contributed by atoms with Gasteiger partial charge < -0.3 is 0 Å². The zero-order chi connectivity index (χ0) is 16.6. The van der Waals surface area contributed by atoms with Crippen molar-refractivity contribution in [2.24, 2.45) is 0 Å². The molecule has 0 unspecified atom stereocenters. The van der Waals surface area contributed by atoms with Crippen molar-refractivity contribution in [1.82, 2.24) is 4.98 Å². The number of rotatable bonds is 2. The Balaban J connectivity index is 2.14. The van der Waals surface area contributed by atoms with Crippen LogP contribution in [-0.2, 0) is 0 Å². The Morgan fingerprint density at radius 3 is 2.00 bits per heavy atom. The van der Waals surface area contributed by atoms with Crippen molar-refractivity contribution >= 4 is 23.1 Å².